The molecule has 0 bridgehead atoms. The van der Waals surface area contributed by atoms with Crippen LogP contribution in [0.2, 0.25) is 13.1 Å². The molecule has 1 aliphatic rings. The van der Waals surface area contributed by atoms with Crippen LogP contribution in [-0.4, -0.2) is 14.3 Å². The summed E-state index contributed by atoms with van der Waals surface area (Å²) in [4.78, 5) is 0. The Kier molecular flexibility index (Phi) is 7.32. The van der Waals surface area contributed by atoms with E-state index < -0.39 is 14.3 Å². The standard InChI is InChI=1S/C34H42NSi/c1-23-24(2)26(4)31(25(23)3)32-29(21-16-22-30(32)36(8)9)34(35-33(5,6)7,27-17-12-10-13-18-27)28-19-14-11-15-20-28/h10-22,25,35H,1-9H3. The molecule has 0 amide bonds. The van der Waals surface area contributed by atoms with E-state index in [9.17, 15) is 0 Å². The molecule has 1 N–H and O–H groups in total. The van der Waals surface area contributed by atoms with Gasteiger partial charge in [-0.25, -0.2) is 0 Å². The minimum atomic E-state index is -0.727. The van der Waals surface area contributed by atoms with Gasteiger partial charge in [0.15, 0.2) is 0 Å². The highest BCUT2D eigenvalue weighted by Crippen LogP contribution is 2.47. The van der Waals surface area contributed by atoms with Gasteiger partial charge in [-0.05, 0) is 80.5 Å². The molecule has 1 aliphatic carbocycles. The summed E-state index contributed by atoms with van der Waals surface area (Å²) in [5.41, 5.74) is 10.7. The van der Waals surface area contributed by atoms with E-state index in [1.807, 2.05) is 0 Å². The lowest BCUT2D eigenvalue weighted by Crippen LogP contribution is -2.54. The smallest absolute Gasteiger partial charge is 0.0957 e. The summed E-state index contributed by atoms with van der Waals surface area (Å²) in [7, 11) is -0.727. The van der Waals surface area contributed by atoms with Crippen LogP contribution >= 0.6 is 0 Å². The molecule has 36 heavy (non-hydrogen) atoms. The van der Waals surface area contributed by atoms with E-state index in [0.29, 0.717) is 5.92 Å². The molecule has 1 unspecified atom stereocenters. The summed E-state index contributed by atoms with van der Waals surface area (Å²) >= 11 is 0. The lowest BCUT2D eigenvalue weighted by molar-refractivity contribution is 0.326. The van der Waals surface area contributed by atoms with Crippen LogP contribution in [0.1, 0.15) is 70.7 Å². The van der Waals surface area contributed by atoms with Crippen LogP contribution in [0.3, 0.4) is 0 Å². The summed E-state index contributed by atoms with van der Waals surface area (Å²) in [5.74, 6) is 0.408. The van der Waals surface area contributed by atoms with E-state index in [0.717, 1.165) is 0 Å². The van der Waals surface area contributed by atoms with Crippen molar-refractivity contribution in [1.82, 2.24) is 5.32 Å². The Balaban J connectivity index is 2.20. The maximum absolute atomic E-state index is 4.18. The van der Waals surface area contributed by atoms with E-state index >= 15 is 0 Å². The van der Waals surface area contributed by atoms with Gasteiger partial charge in [-0.1, -0.05) is 110 Å². The van der Waals surface area contributed by atoms with Crippen molar-refractivity contribution in [3.63, 3.8) is 0 Å². The molecule has 187 valence electrons. The van der Waals surface area contributed by atoms with Gasteiger partial charge in [0, 0.05) is 11.5 Å². The van der Waals surface area contributed by atoms with E-state index in [1.54, 1.807) is 0 Å². The van der Waals surface area contributed by atoms with Crippen LogP contribution in [0.5, 0.6) is 0 Å². The van der Waals surface area contributed by atoms with Gasteiger partial charge in [0.25, 0.3) is 0 Å². The third-order valence-corrected chi connectivity index (χ3v) is 9.39. The van der Waals surface area contributed by atoms with Crippen molar-refractivity contribution < 1.29 is 0 Å². The van der Waals surface area contributed by atoms with Gasteiger partial charge in [-0.3, -0.25) is 5.32 Å². The number of allylic oxidation sites excluding steroid dienone is 4. The quantitative estimate of drug-likeness (QED) is 0.271. The van der Waals surface area contributed by atoms with Crippen LogP contribution < -0.4 is 10.5 Å². The van der Waals surface area contributed by atoms with Crippen molar-refractivity contribution in [3.05, 3.63) is 118 Å². The predicted molar refractivity (Wildman–Crippen MR) is 159 cm³/mol. The topological polar surface area (TPSA) is 12.0 Å². The molecule has 0 spiro atoms. The Morgan fingerprint density at radius 3 is 1.64 bits per heavy atom. The van der Waals surface area contributed by atoms with Crippen LogP contribution in [0.25, 0.3) is 5.57 Å². The SMILES string of the molecule is CC1=C(C)C(C)C(c2c([Si](C)C)cccc2C(NC(C)(C)C)(c2ccccc2)c2ccccc2)=C1C. The fourth-order valence-corrected chi connectivity index (χ4v) is 7.17. The molecule has 4 rings (SSSR count). The Hall–Kier alpha value is -2.68. The van der Waals surface area contributed by atoms with Gasteiger partial charge in [-0.15, -0.1) is 0 Å². The summed E-state index contributed by atoms with van der Waals surface area (Å²) in [6.07, 6.45) is 0. The van der Waals surface area contributed by atoms with E-state index in [2.05, 4.69) is 146 Å². The van der Waals surface area contributed by atoms with Gasteiger partial charge in [0.05, 0.1) is 14.3 Å². The Labute approximate surface area is 221 Å². The molecule has 3 aromatic carbocycles. The van der Waals surface area contributed by atoms with Gasteiger partial charge >= 0.3 is 0 Å². The lowest BCUT2D eigenvalue weighted by atomic mass is 9.72. The largest absolute Gasteiger partial charge is 0.295 e. The number of nitrogens with one attached hydrogen (secondary N) is 1. The second kappa shape index (κ2) is 9.99. The van der Waals surface area contributed by atoms with Crippen LogP contribution in [-0.2, 0) is 5.54 Å². The number of hydrogen-bond acceptors (Lipinski definition) is 1. The molecule has 0 aromatic heterocycles. The average molecular weight is 493 g/mol. The van der Waals surface area contributed by atoms with Crippen molar-refractivity contribution in [2.45, 2.75) is 72.6 Å². The maximum atomic E-state index is 4.18. The minimum Gasteiger partial charge on any atom is -0.295 e. The predicted octanol–water partition coefficient (Wildman–Crippen LogP) is 8.09. The molecule has 0 saturated carbocycles. The molecule has 0 aliphatic heterocycles. The first-order chi connectivity index (χ1) is 17.0. The Morgan fingerprint density at radius 1 is 0.694 bits per heavy atom. The molecule has 1 nitrogen and oxygen atoms in total. The summed E-state index contributed by atoms with van der Waals surface area (Å²) in [6, 6.07) is 29.2. The van der Waals surface area contributed by atoms with Gasteiger partial charge in [0.1, 0.15) is 0 Å². The van der Waals surface area contributed by atoms with Gasteiger partial charge in [-0.2, -0.15) is 0 Å². The second-order valence-electron chi connectivity index (χ2n) is 11.7. The summed E-state index contributed by atoms with van der Waals surface area (Å²) in [5, 5.41) is 5.70. The molecular formula is C34H42NSi. The lowest BCUT2D eigenvalue weighted by Gasteiger charge is -2.44. The molecular weight excluding hydrogens is 450 g/mol. The fraction of sp³-hybridized carbons (Fsp3) is 0.353. The highest BCUT2D eigenvalue weighted by Gasteiger charge is 2.43. The molecule has 1 atom stereocenters. The van der Waals surface area contributed by atoms with Crippen molar-refractivity contribution in [1.29, 1.82) is 0 Å². The van der Waals surface area contributed by atoms with E-state index in [-0.39, 0.29) is 5.54 Å². The minimum absolute atomic E-state index is 0.125. The van der Waals surface area contributed by atoms with Crippen LogP contribution in [0.15, 0.2) is 95.6 Å². The first-order valence-corrected chi connectivity index (χ1v) is 15.7. The molecule has 0 heterocycles. The molecule has 2 heteroatoms. The zero-order chi connectivity index (χ0) is 26.3. The van der Waals surface area contributed by atoms with Crippen LogP contribution in [0.4, 0.5) is 0 Å². The first-order valence-electron chi connectivity index (χ1n) is 13.2. The highest BCUT2D eigenvalue weighted by molar-refractivity contribution is 6.71. The fourth-order valence-electron chi connectivity index (χ4n) is 5.97. The van der Waals surface area contributed by atoms with Crippen molar-refractivity contribution in [2.24, 2.45) is 5.92 Å². The van der Waals surface area contributed by atoms with Gasteiger partial charge < -0.3 is 0 Å². The molecule has 0 fully saturated rings. The van der Waals surface area contributed by atoms with Crippen molar-refractivity contribution >= 4 is 19.6 Å². The number of hydrogen-bond donors (Lipinski definition) is 1. The zero-order valence-corrected chi connectivity index (χ0v) is 24.6. The maximum Gasteiger partial charge on any atom is 0.0957 e. The molecule has 1 radical (unpaired) electrons. The third-order valence-electron chi connectivity index (χ3n) is 7.89. The molecule has 0 saturated heterocycles. The van der Waals surface area contributed by atoms with E-state index in [4.69, 9.17) is 0 Å². The monoisotopic (exact) mass is 492 g/mol. The Morgan fingerprint density at radius 2 is 1.22 bits per heavy atom. The highest BCUT2D eigenvalue weighted by atomic mass is 28.3. The van der Waals surface area contributed by atoms with E-state index in [1.165, 1.54) is 49.7 Å². The number of benzene rings is 3. The summed E-state index contributed by atoms with van der Waals surface area (Å²) < 4.78 is 0. The van der Waals surface area contributed by atoms with Crippen molar-refractivity contribution in [3.8, 4) is 0 Å². The second-order valence-corrected chi connectivity index (χ2v) is 14.2. The van der Waals surface area contributed by atoms with Crippen LogP contribution in [0, 0.1) is 5.92 Å². The number of rotatable bonds is 6. The third kappa shape index (κ3) is 4.58. The van der Waals surface area contributed by atoms with Gasteiger partial charge in [0.2, 0.25) is 0 Å². The van der Waals surface area contributed by atoms with Crippen molar-refractivity contribution in [2.75, 3.05) is 0 Å². The molecule has 3 aromatic rings. The Bertz CT molecular complexity index is 1250. The zero-order valence-electron chi connectivity index (χ0n) is 23.6. The normalized spacial score (nSPS) is 16.9. The average Bonchev–Trinajstić information content (AvgIpc) is 3.04. The first kappa shape index (κ1) is 26.4. The summed E-state index contributed by atoms with van der Waals surface area (Å²) in [6.45, 7) is 21.1.